The third-order valence-corrected chi connectivity index (χ3v) is 7.53. The number of hydrogen-bond acceptors (Lipinski definition) is 3. The average Bonchev–Trinajstić information content (AvgIpc) is 3.20. The Bertz CT molecular complexity index is 1280. The molecule has 0 N–H and O–H groups in total. The van der Waals surface area contributed by atoms with Gasteiger partial charge in [0.25, 0.3) is 0 Å². The van der Waals surface area contributed by atoms with Gasteiger partial charge in [-0.05, 0) is 36.9 Å². The number of carbonyl (C=O) groups is 1. The van der Waals surface area contributed by atoms with Crippen LogP contribution in [0, 0.1) is 5.82 Å². The maximum Gasteiger partial charge on any atom is 0.417 e. The van der Waals surface area contributed by atoms with E-state index >= 15 is 0 Å². The molecule has 3 aromatic rings. The van der Waals surface area contributed by atoms with E-state index in [2.05, 4.69) is 67.5 Å². The van der Waals surface area contributed by atoms with Crippen LogP contribution >= 0.6 is 0 Å². The molecule has 3 aromatic carbocycles. The van der Waals surface area contributed by atoms with Crippen molar-refractivity contribution in [3.05, 3.63) is 126 Å². The summed E-state index contributed by atoms with van der Waals surface area (Å²) in [6, 6.07) is 27.9. The topological polar surface area (TPSA) is 32.8 Å². The second-order valence-electron chi connectivity index (χ2n) is 9.60. The fourth-order valence-corrected chi connectivity index (χ4v) is 5.84. The zero-order valence-electron chi connectivity index (χ0n) is 20.8. The normalized spacial score (nSPS) is 26.1. The molecule has 1 fully saturated rings. The Balaban J connectivity index is 1.69. The van der Waals surface area contributed by atoms with Gasteiger partial charge in [0.05, 0.1) is 20.7 Å². The van der Waals surface area contributed by atoms with Crippen LogP contribution in [0.3, 0.4) is 0 Å². The van der Waals surface area contributed by atoms with Crippen molar-refractivity contribution in [3.8, 4) is 0 Å². The lowest BCUT2D eigenvalue weighted by Gasteiger charge is -2.44. The molecule has 5 rings (SSSR count). The highest BCUT2D eigenvalue weighted by atomic mass is 19.1. The highest BCUT2D eigenvalue weighted by Gasteiger charge is 2.54. The highest BCUT2D eigenvalue weighted by Crippen LogP contribution is 2.48. The van der Waals surface area contributed by atoms with Gasteiger partial charge in [0.2, 0.25) is 0 Å². The fourth-order valence-electron chi connectivity index (χ4n) is 5.84. The molecule has 1 amide bonds. The number of carbonyl (C=O) groups excluding carboxylic acids is 1. The molecular formula is C30H31FN3O2+. The summed E-state index contributed by atoms with van der Waals surface area (Å²) in [6.07, 6.45) is 5.09. The summed E-state index contributed by atoms with van der Waals surface area (Å²) >= 11 is 0. The van der Waals surface area contributed by atoms with Gasteiger partial charge in [0.15, 0.2) is 6.17 Å². The Labute approximate surface area is 211 Å². The molecule has 6 heteroatoms. The maximum atomic E-state index is 13.8. The summed E-state index contributed by atoms with van der Waals surface area (Å²) in [7, 11) is 5.79. The molecule has 184 valence electrons. The lowest BCUT2D eigenvalue weighted by Crippen LogP contribution is -2.56. The van der Waals surface area contributed by atoms with E-state index in [0.717, 1.165) is 17.7 Å². The van der Waals surface area contributed by atoms with Crippen LogP contribution in [-0.4, -0.2) is 49.8 Å². The molecule has 2 aliphatic rings. The van der Waals surface area contributed by atoms with Crippen LogP contribution < -0.4 is 4.48 Å². The number of amides is 1. The number of allylic oxidation sites excluding steroid dienone is 1. The first-order valence-electron chi connectivity index (χ1n) is 12.1. The number of para-hydroxylation sites is 1. The molecule has 0 saturated carbocycles. The zero-order chi connectivity index (χ0) is 25.3. The van der Waals surface area contributed by atoms with E-state index in [9.17, 15) is 9.18 Å². The number of likely N-dealkylation sites (N-methyl/N-ethyl adjacent to an activating group) is 2. The maximum absolute atomic E-state index is 13.8. The Hall–Kier alpha value is -3.74. The van der Waals surface area contributed by atoms with Crippen molar-refractivity contribution in [2.75, 3.05) is 27.7 Å². The standard InChI is InChI=1S/C30H31FN3O2/c1-32-21-28(23-10-6-4-7-11-23)34(2,25-12-8-5-9-13-25)29(32)27-20-33(30(35)36-3)19-18-26(27)22-14-16-24(31)17-15-22/h4-20,26,28-29H,21H2,1-3H3/q+1. The minimum Gasteiger partial charge on any atom is -0.452 e. The minimum absolute atomic E-state index is 0.0928. The van der Waals surface area contributed by atoms with Crippen molar-refractivity contribution in [3.63, 3.8) is 0 Å². The van der Waals surface area contributed by atoms with Gasteiger partial charge in [-0.3, -0.25) is 9.38 Å². The summed E-state index contributed by atoms with van der Waals surface area (Å²) in [4.78, 5) is 16.4. The number of methoxy groups -OCH3 is 1. The molecule has 36 heavy (non-hydrogen) atoms. The Morgan fingerprint density at radius 3 is 2.22 bits per heavy atom. The summed E-state index contributed by atoms with van der Waals surface area (Å²) in [5.41, 5.74) is 4.45. The third-order valence-electron chi connectivity index (χ3n) is 7.53. The molecule has 2 aliphatic heterocycles. The molecule has 4 unspecified atom stereocenters. The van der Waals surface area contributed by atoms with Crippen LogP contribution in [0.5, 0.6) is 0 Å². The van der Waals surface area contributed by atoms with Crippen LogP contribution in [0.15, 0.2) is 109 Å². The van der Waals surface area contributed by atoms with Gasteiger partial charge in [-0.15, -0.1) is 0 Å². The molecular weight excluding hydrogens is 453 g/mol. The molecule has 0 aliphatic carbocycles. The highest BCUT2D eigenvalue weighted by molar-refractivity contribution is 5.71. The van der Waals surface area contributed by atoms with Gasteiger partial charge in [-0.1, -0.05) is 66.7 Å². The van der Waals surface area contributed by atoms with E-state index < -0.39 is 6.09 Å². The molecule has 0 aromatic heterocycles. The minimum atomic E-state index is -0.449. The van der Waals surface area contributed by atoms with Gasteiger partial charge in [0.1, 0.15) is 17.5 Å². The van der Waals surface area contributed by atoms with Gasteiger partial charge in [0, 0.05) is 29.5 Å². The second-order valence-corrected chi connectivity index (χ2v) is 9.60. The molecule has 5 nitrogen and oxygen atoms in total. The van der Waals surface area contributed by atoms with Crippen molar-refractivity contribution in [2.45, 2.75) is 18.1 Å². The van der Waals surface area contributed by atoms with Crippen LogP contribution in [-0.2, 0) is 4.74 Å². The molecule has 0 spiro atoms. The quantitative estimate of drug-likeness (QED) is 0.424. The monoisotopic (exact) mass is 484 g/mol. The number of rotatable bonds is 4. The van der Waals surface area contributed by atoms with E-state index in [1.165, 1.54) is 35.4 Å². The first-order valence-corrected chi connectivity index (χ1v) is 12.1. The molecule has 0 bridgehead atoms. The lowest BCUT2D eigenvalue weighted by molar-refractivity contribution is 0.148. The first kappa shape index (κ1) is 24.0. The van der Waals surface area contributed by atoms with Crippen molar-refractivity contribution < 1.29 is 13.9 Å². The first-order chi connectivity index (χ1) is 17.4. The summed E-state index contributed by atoms with van der Waals surface area (Å²) in [5.74, 6) is -0.401. The predicted octanol–water partition coefficient (Wildman–Crippen LogP) is 6.04. The zero-order valence-corrected chi connectivity index (χ0v) is 20.8. The molecule has 0 radical (unpaired) electrons. The van der Waals surface area contributed by atoms with Crippen LogP contribution in [0.2, 0.25) is 0 Å². The number of halogens is 1. The van der Waals surface area contributed by atoms with Gasteiger partial charge in [-0.25, -0.2) is 14.1 Å². The van der Waals surface area contributed by atoms with Crippen LogP contribution in [0.4, 0.5) is 14.9 Å². The van der Waals surface area contributed by atoms with E-state index in [-0.39, 0.29) is 23.9 Å². The van der Waals surface area contributed by atoms with E-state index in [4.69, 9.17) is 4.74 Å². The number of hydrogen-bond donors (Lipinski definition) is 0. The van der Waals surface area contributed by atoms with Crippen LogP contribution in [0.1, 0.15) is 23.1 Å². The van der Waals surface area contributed by atoms with Crippen molar-refractivity contribution in [1.82, 2.24) is 14.3 Å². The van der Waals surface area contributed by atoms with Gasteiger partial charge < -0.3 is 4.74 Å². The number of benzene rings is 3. The van der Waals surface area contributed by atoms with Crippen LogP contribution in [0.25, 0.3) is 0 Å². The number of nitrogens with zero attached hydrogens (tertiary/aromatic N) is 3. The smallest absolute Gasteiger partial charge is 0.417 e. The summed E-state index contributed by atoms with van der Waals surface area (Å²) in [5, 5.41) is 0. The summed E-state index contributed by atoms with van der Waals surface area (Å²) in [6.45, 7) is 0.829. The number of ether oxygens (including phenoxy) is 1. The van der Waals surface area contributed by atoms with E-state index in [1.807, 2.05) is 36.5 Å². The predicted molar refractivity (Wildman–Crippen MR) is 140 cm³/mol. The second kappa shape index (κ2) is 9.72. The lowest BCUT2D eigenvalue weighted by atomic mass is 9.86. The SMILES string of the molecule is COC(=O)N1C=CC(c2ccc(F)cc2)C(C2N(C)CC(c3ccccc3)[N+]2(C)c2ccccc2)=C1. The van der Waals surface area contributed by atoms with Gasteiger partial charge in [-0.2, -0.15) is 0 Å². The molecule has 2 heterocycles. The Kier molecular flexibility index (Phi) is 6.48. The Morgan fingerprint density at radius 1 is 0.944 bits per heavy atom. The fraction of sp³-hybridized carbons (Fsp3) is 0.233. The van der Waals surface area contributed by atoms with E-state index in [0.29, 0.717) is 4.48 Å². The van der Waals surface area contributed by atoms with E-state index in [1.54, 1.807) is 6.20 Å². The average molecular weight is 485 g/mol. The van der Waals surface area contributed by atoms with Gasteiger partial charge >= 0.3 is 6.09 Å². The van der Waals surface area contributed by atoms with Crippen molar-refractivity contribution >= 4 is 11.8 Å². The van der Waals surface area contributed by atoms with Crippen molar-refractivity contribution in [2.24, 2.45) is 0 Å². The summed E-state index contributed by atoms with van der Waals surface area (Å²) < 4.78 is 19.4. The Morgan fingerprint density at radius 2 is 1.58 bits per heavy atom. The molecule has 1 saturated heterocycles. The largest absolute Gasteiger partial charge is 0.452 e. The molecule has 4 atom stereocenters. The third kappa shape index (κ3) is 4.12. The number of quaternary nitrogens is 1. The van der Waals surface area contributed by atoms with Crippen molar-refractivity contribution in [1.29, 1.82) is 0 Å².